The maximum absolute atomic E-state index is 12.0. The van der Waals surface area contributed by atoms with Gasteiger partial charge in [-0.2, -0.15) is 0 Å². The van der Waals surface area contributed by atoms with E-state index in [0.717, 1.165) is 25.1 Å². The second kappa shape index (κ2) is 5.94. The summed E-state index contributed by atoms with van der Waals surface area (Å²) >= 11 is 0. The predicted octanol–water partition coefficient (Wildman–Crippen LogP) is 0.542. The molecular formula is C12H18N2O5S. The number of hydrogen-bond donors (Lipinski definition) is 4. The number of aromatic nitrogens is 1. The van der Waals surface area contributed by atoms with E-state index >= 15 is 0 Å². The monoisotopic (exact) mass is 302 g/mol. The van der Waals surface area contributed by atoms with Gasteiger partial charge in [0, 0.05) is 12.7 Å². The van der Waals surface area contributed by atoms with E-state index in [1.165, 1.54) is 0 Å². The van der Waals surface area contributed by atoms with E-state index in [-0.39, 0.29) is 22.6 Å². The van der Waals surface area contributed by atoms with Gasteiger partial charge in [0.2, 0.25) is 10.0 Å². The van der Waals surface area contributed by atoms with Crippen molar-refractivity contribution < 1.29 is 23.4 Å². The number of hydrogen-bond acceptors (Lipinski definition) is 4. The van der Waals surface area contributed by atoms with Crippen molar-refractivity contribution in [3.63, 3.8) is 0 Å². The molecule has 0 radical (unpaired) electrons. The highest BCUT2D eigenvalue weighted by Gasteiger charge is 2.23. The zero-order valence-electron chi connectivity index (χ0n) is 10.9. The van der Waals surface area contributed by atoms with E-state index < -0.39 is 16.0 Å². The van der Waals surface area contributed by atoms with Crippen LogP contribution < -0.4 is 4.72 Å². The van der Waals surface area contributed by atoms with Crippen LogP contribution in [0.3, 0.4) is 0 Å². The summed E-state index contributed by atoms with van der Waals surface area (Å²) in [6, 6.07) is 1.09. The summed E-state index contributed by atoms with van der Waals surface area (Å²) in [6.45, 7) is 0.308. The lowest BCUT2D eigenvalue weighted by molar-refractivity contribution is 0.0691. The summed E-state index contributed by atoms with van der Waals surface area (Å²) in [7, 11) is -3.69. The molecule has 0 amide bonds. The maximum atomic E-state index is 12.0. The van der Waals surface area contributed by atoms with Crippen molar-refractivity contribution >= 4 is 16.0 Å². The molecule has 1 aliphatic rings. The highest BCUT2D eigenvalue weighted by molar-refractivity contribution is 7.89. The Bertz CT molecular complexity index is 572. The Morgan fingerprint density at radius 1 is 1.35 bits per heavy atom. The number of carboxylic acid groups (broad SMARTS) is 1. The molecule has 0 saturated heterocycles. The molecule has 112 valence electrons. The Morgan fingerprint density at radius 3 is 2.55 bits per heavy atom. The standard InChI is InChI=1S/C12H18N2O5S/c15-9-3-1-8(2-4-9)6-14-20(18,19)10-5-11(12(16)17)13-7-10/h5,7-9,13-15H,1-4,6H2,(H,16,17). The van der Waals surface area contributed by atoms with Gasteiger partial charge >= 0.3 is 5.97 Å². The minimum Gasteiger partial charge on any atom is -0.477 e. The smallest absolute Gasteiger partial charge is 0.352 e. The van der Waals surface area contributed by atoms with Crippen molar-refractivity contribution in [3.05, 3.63) is 18.0 Å². The first-order valence-corrected chi connectivity index (χ1v) is 7.96. The van der Waals surface area contributed by atoms with Gasteiger partial charge in [0.1, 0.15) is 10.6 Å². The van der Waals surface area contributed by atoms with Crippen LogP contribution >= 0.6 is 0 Å². The molecule has 1 aromatic rings. The molecule has 0 aliphatic heterocycles. The summed E-state index contributed by atoms with van der Waals surface area (Å²) in [6.07, 6.45) is 3.86. The number of aliphatic hydroxyl groups is 1. The quantitative estimate of drug-likeness (QED) is 0.633. The van der Waals surface area contributed by atoms with Crippen LogP contribution in [0.5, 0.6) is 0 Å². The fraction of sp³-hybridized carbons (Fsp3) is 0.583. The minimum atomic E-state index is -3.69. The molecule has 1 heterocycles. The molecule has 2 rings (SSSR count). The lowest BCUT2D eigenvalue weighted by Gasteiger charge is -2.25. The number of aromatic amines is 1. The van der Waals surface area contributed by atoms with Gasteiger partial charge in [-0.15, -0.1) is 0 Å². The van der Waals surface area contributed by atoms with Gasteiger partial charge in [-0.3, -0.25) is 0 Å². The molecule has 0 bridgehead atoms. The molecule has 1 fully saturated rings. The predicted molar refractivity (Wildman–Crippen MR) is 70.9 cm³/mol. The summed E-state index contributed by atoms with van der Waals surface area (Å²) < 4.78 is 26.5. The average molecular weight is 302 g/mol. The summed E-state index contributed by atoms with van der Waals surface area (Å²) in [5, 5.41) is 18.1. The maximum Gasteiger partial charge on any atom is 0.352 e. The van der Waals surface area contributed by atoms with Crippen LogP contribution in [0.2, 0.25) is 0 Å². The Labute approximate surface area is 117 Å². The number of aromatic carboxylic acids is 1. The third kappa shape index (κ3) is 3.59. The Balaban J connectivity index is 1.95. The largest absolute Gasteiger partial charge is 0.477 e. The fourth-order valence-electron chi connectivity index (χ4n) is 2.31. The van der Waals surface area contributed by atoms with Gasteiger partial charge in [-0.25, -0.2) is 17.9 Å². The van der Waals surface area contributed by atoms with E-state index in [4.69, 9.17) is 5.11 Å². The third-order valence-corrected chi connectivity index (χ3v) is 4.98. The van der Waals surface area contributed by atoms with Crippen LogP contribution in [-0.2, 0) is 10.0 Å². The topological polar surface area (TPSA) is 119 Å². The number of aliphatic hydroxyl groups excluding tert-OH is 1. The van der Waals surface area contributed by atoms with E-state index in [2.05, 4.69) is 9.71 Å². The van der Waals surface area contributed by atoms with Gasteiger partial charge < -0.3 is 15.2 Å². The Hall–Kier alpha value is -1.38. The number of carbonyl (C=O) groups is 1. The van der Waals surface area contributed by atoms with E-state index in [1.807, 2.05) is 0 Å². The number of nitrogens with one attached hydrogen (secondary N) is 2. The van der Waals surface area contributed by atoms with Crippen molar-refractivity contribution in [1.29, 1.82) is 0 Å². The number of carboxylic acids is 1. The molecule has 0 atom stereocenters. The van der Waals surface area contributed by atoms with Gasteiger partial charge in [-0.05, 0) is 37.7 Å². The second-order valence-electron chi connectivity index (χ2n) is 5.08. The van der Waals surface area contributed by atoms with Crippen LogP contribution in [0.1, 0.15) is 36.2 Å². The van der Waals surface area contributed by atoms with Gasteiger partial charge in [-0.1, -0.05) is 0 Å². The normalized spacial score (nSPS) is 23.6. The highest BCUT2D eigenvalue weighted by Crippen LogP contribution is 2.24. The number of sulfonamides is 1. The Kier molecular flexibility index (Phi) is 4.46. The zero-order valence-corrected chi connectivity index (χ0v) is 11.7. The van der Waals surface area contributed by atoms with Crippen LogP contribution in [0.15, 0.2) is 17.2 Å². The fourth-order valence-corrected chi connectivity index (χ4v) is 3.42. The van der Waals surface area contributed by atoms with Gasteiger partial charge in [0.15, 0.2) is 0 Å². The van der Waals surface area contributed by atoms with Crippen LogP contribution in [-0.4, -0.2) is 42.2 Å². The first-order valence-electron chi connectivity index (χ1n) is 6.48. The second-order valence-corrected chi connectivity index (χ2v) is 6.85. The molecule has 1 saturated carbocycles. The highest BCUT2D eigenvalue weighted by atomic mass is 32.2. The molecule has 0 aromatic carbocycles. The SMILES string of the molecule is O=C(O)c1cc(S(=O)(=O)NCC2CCC(O)CC2)c[nH]1. The molecule has 1 aromatic heterocycles. The summed E-state index contributed by atoms with van der Waals surface area (Å²) in [5.74, 6) is -0.987. The van der Waals surface area contributed by atoms with Crippen molar-refractivity contribution in [2.75, 3.05) is 6.54 Å². The first-order chi connectivity index (χ1) is 9.38. The lowest BCUT2D eigenvalue weighted by Crippen LogP contribution is -2.32. The molecule has 4 N–H and O–H groups in total. The van der Waals surface area contributed by atoms with Crippen LogP contribution in [0.4, 0.5) is 0 Å². The van der Waals surface area contributed by atoms with Crippen LogP contribution in [0.25, 0.3) is 0 Å². The number of H-pyrrole nitrogens is 1. The van der Waals surface area contributed by atoms with Crippen molar-refractivity contribution in [2.24, 2.45) is 5.92 Å². The van der Waals surface area contributed by atoms with Gasteiger partial charge in [0.05, 0.1) is 6.10 Å². The molecule has 1 aliphatic carbocycles. The van der Waals surface area contributed by atoms with Crippen LogP contribution in [0, 0.1) is 5.92 Å². The molecule has 0 unspecified atom stereocenters. The van der Waals surface area contributed by atoms with Crippen molar-refractivity contribution in [1.82, 2.24) is 9.71 Å². The van der Waals surface area contributed by atoms with E-state index in [9.17, 15) is 18.3 Å². The zero-order chi connectivity index (χ0) is 14.8. The molecular weight excluding hydrogens is 284 g/mol. The van der Waals surface area contributed by atoms with E-state index in [1.54, 1.807) is 0 Å². The molecule has 20 heavy (non-hydrogen) atoms. The molecule has 7 nitrogen and oxygen atoms in total. The number of rotatable bonds is 5. The van der Waals surface area contributed by atoms with E-state index in [0.29, 0.717) is 19.4 Å². The van der Waals surface area contributed by atoms with Crippen molar-refractivity contribution in [3.8, 4) is 0 Å². The molecule has 8 heteroatoms. The minimum absolute atomic E-state index is 0.0780. The lowest BCUT2D eigenvalue weighted by atomic mass is 9.88. The third-order valence-electron chi connectivity index (χ3n) is 3.58. The van der Waals surface area contributed by atoms with Gasteiger partial charge in [0.25, 0.3) is 0 Å². The Morgan fingerprint density at radius 2 is 2.00 bits per heavy atom. The summed E-state index contributed by atoms with van der Waals surface area (Å²) in [4.78, 5) is 13.0. The molecule has 0 spiro atoms. The summed E-state index contributed by atoms with van der Waals surface area (Å²) in [5.41, 5.74) is -0.161. The van der Waals surface area contributed by atoms with Crippen molar-refractivity contribution in [2.45, 2.75) is 36.7 Å². The average Bonchev–Trinajstić information content (AvgIpc) is 2.89. The first kappa shape index (κ1) is 15.0.